The molecule has 0 amide bonds. The molecule has 1 aliphatic heterocycles. The highest BCUT2D eigenvalue weighted by Crippen LogP contribution is 2.53. The maximum Gasteiger partial charge on any atom is 0.0741 e. The lowest BCUT2D eigenvalue weighted by Crippen LogP contribution is -2.30. The van der Waals surface area contributed by atoms with Crippen LogP contribution in [0.15, 0.2) is 4.99 Å². The molecular formula is C13H26N2OS2. The Labute approximate surface area is 119 Å². The molecule has 0 spiro atoms. The van der Waals surface area contributed by atoms with E-state index in [0.717, 1.165) is 32.7 Å². The summed E-state index contributed by atoms with van der Waals surface area (Å²) in [4.78, 5) is 6.56. The van der Waals surface area contributed by atoms with E-state index in [4.69, 9.17) is 4.18 Å². The summed E-state index contributed by atoms with van der Waals surface area (Å²) in [5, 5.41) is 2.48. The fourth-order valence-electron chi connectivity index (χ4n) is 1.75. The van der Waals surface area contributed by atoms with Crippen molar-refractivity contribution in [2.45, 2.75) is 38.0 Å². The number of likely N-dealkylation sites (tertiary alicyclic amines) is 1. The Bertz CT molecular complexity index is 319. The first-order chi connectivity index (χ1) is 8.26. The molecule has 1 atom stereocenters. The number of thiocarbonyl (C=S) groups is 1. The molecule has 1 heterocycles. The summed E-state index contributed by atoms with van der Waals surface area (Å²) in [6, 6.07) is 0.352. The minimum absolute atomic E-state index is 0.238. The Morgan fingerprint density at radius 1 is 1.44 bits per heavy atom. The monoisotopic (exact) mass is 290 g/mol. The van der Waals surface area contributed by atoms with Gasteiger partial charge in [-0.25, -0.2) is 4.99 Å². The van der Waals surface area contributed by atoms with Crippen LogP contribution in [-0.2, 0) is 4.18 Å². The topological polar surface area (TPSA) is 24.8 Å². The van der Waals surface area contributed by atoms with Gasteiger partial charge >= 0.3 is 0 Å². The molecule has 0 aromatic carbocycles. The van der Waals surface area contributed by atoms with Crippen LogP contribution in [0.4, 0.5) is 0 Å². The fraction of sp³-hybridized carbons (Fsp3) is 0.923. The molecule has 1 fully saturated rings. The summed E-state index contributed by atoms with van der Waals surface area (Å²) in [5.41, 5.74) is 0. The summed E-state index contributed by atoms with van der Waals surface area (Å²) in [7, 11) is -0.992. The molecular weight excluding hydrogens is 264 g/mol. The largest absolute Gasteiger partial charge is 0.335 e. The molecule has 3 nitrogen and oxygen atoms in total. The van der Waals surface area contributed by atoms with Crippen molar-refractivity contribution in [2.75, 3.05) is 38.8 Å². The molecule has 1 unspecified atom stereocenters. The zero-order valence-electron chi connectivity index (χ0n) is 12.2. The van der Waals surface area contributed by atoms with Crippen LogP contribution in [0, 0.1) is 0 Å². The average Bonchev–Trinajstić information content (AvgIpc) is 2.64. The van der Waals surface area contributed by atoms with E-state index in [0.29, 0.717) is 6.04 Å². The van der Waals surface area contributed by atoms with E-state index in [-0.39, 0.29) is 4.75 Å². The molecule has 5 heteroatoms. The normalized spacial score (nSPS) is 22.8. The summed E-state index contributed by atoms with van der Waals surface area (Å²) in [6.07, 6.45) is 5.59. The second kappa shape index (κ2) is 6.49. The quantitative estimate of drug-likeness (QED) is 0.575. The van der Waals surface area contributed by atoms with Gasteiger partial charge in [0, 0.05) is 24.4 Å². The summed E-state index contributed by atoms with van der Waals surface area (Å²) < 4.78 is 6.36. The van der Waals surface area contributed by atoms with Crippen LogP contribution >= 0.6 is 22.5 Å². The molecule has 1 aliphatic rings. The molecule has 106 valence electrons. The fourth-order valence-corrected chi connectivity index (χ4v) is 2.74. The smallest absolute Gasteiger partial charge is 0.0741 e. The van der Waals surface area contributed by atoms with Gasteiger partial charge in [-0.1, -0.05) is 20.8 Å². The first-order valence-electron chi connectivity index (χ1n) is 6.43. The van der Waals surface area contributed by atoms with Crippen molar-refractivity contribution in [3.05, 3.63) is 0 Å². The van der Waals surface area contributed by atoms with Gasteiger partial charge < -0.3 is 4.18 Å². The van der Waals surface area contributed by atoms with Crippen LogP contribution < -0.4 is 0 Å². The zero-order valence-corrected chi connectivity index (χ0v) is 13.9. The minimum Gasteiger partial charge on any atom is -0.335 e. The van der Waals surface area contributed by atoms with E-state index in [1.807, 2.05) is 0 Å². The number of isothiocyanates is 1. The third-order valence-electron chi connectivity index (χ3n) is 3.74. The Balaban J connectivity index is 2.29. The van der Waals surface area contributed by atoms with Crippen LogP contribution in [0.5, 0.6) is 0 Å². The van der Waals surface area contributed by atoms with Crippen LogP contribution in [0.3, 0.4) is 0 Å². The number of hydrogen-bond acceptors (Lipinski definition) is 4. The Hall–Kier alpha value is 0.0700. The number of aliphatic imine (C=N–C) groups is 1. The second-order valence-corrected chi connectivity index (χ2v) is 10.2. The molecule has 0 aromatic heterocycles. The lowest BCUT2D eigenvalue weighted by atomic mass is 10.3. The number of nitrogens with zero attached hydrogens (tertiary/aromatic N) is 2. The maximum atomic E-state index is 6.13. The average molecular weight is 290 g/mol. The third-order valence-corrected chi connectivity index (χ3v) is 7.55. The van der Waals surface area contributed by atoms with Crippen molar-refractivity contribution in [3.63, 3.8) is 0 Å². The highest BCUT2D eigenvalue weighted by Gasteiger charge is 2.29. The van der Waals surface area contributed by atoms with Crippen molar-refractivity contribution >= 4 is 27.7 Å². The van der Waals surface area contributed by atoms with E-state index in [1.165, 1.54) is 0 Å². The number of hydrogen-bond donors (Lipinski definition) is 0. The number of rotatable bonds is 5. The summed E-state index contributed by atoms with van der Waals surface area (Å²) in [6.45, 7) is 10.7. The highest BCUT2D eigenvalue weighted by atomic mass is 32.3. The van der Waals surface area contributed by atoms with E-state index >= 15 is 0 Å². The van der Waals surface area contributed by atoms with Crippen molar-refractivity contribution < 1.29 is 4.18 Å². The molecule has 18 heavy (non-hydrogen) atoms. The van der Waals surface area contributed by atoms with Crippen LogP contribution in [0.1, 0.15) is 27.2 Å². The van der Waals surface area contributed by atoms with E-state index in [2.05, 4.69) is 60.6 Å². The lowest BCUT2D eigenvalue weighted by molar-refractivity contribution is 0.251. The van der Waals surface area contributed by atoms with Gasteiger partial charge in [0.1, 0.15) is 0 Å². The second-order valence-electron chi connectivity index (χ2n) is 6.13. The predicted molar refractivity (Wildman–Crippen MR) is 85.0 cm³/mol. The van der Waals surface area contributed by atoms with Gasteiger partial charge in [0.15, 0.2) is 0 Å². The summed E-state index contributed by atoms with van der Waals surface area (Å²) in [5.74, 6) is 0. The summed E-state index contributed by atoms with van der Waals surface area (Å²) >= 11 is 4.65. The maximum absolute atomic E-state index is 6.13. The highest BCUT2D eigenvalue weighted by molar-refractivity contribution is 8.29. The molecule has 1 rings (SSSR count). The third kappa shape index (κ3) is 4.63. The first-order valence-corrected chi connectivity index (χ1v) is 9.21. The molecule has 1 saturated heterocycles. The van der Waals surface area contributed by atoms with Gasteiger partial charge in [-0.3, -0.25) is 4.90 Å². The van der Waals surface area contributed by atoms with Gasteiger partial charge in [0.25, 0.3) is 0 Å². The van der Waals surface area contributed by atoms with Gasteiger partial charge in [0.05, 0.1) is 17.8 Å². The van der Waals surface area contributed by atoms with Crippen LogP contribution in [-0.4, -0.2) is 59.6 Å². The van der Waals surface area contributed by atoms with Gasteiger partial charge in [-0.2, -0.15) is 0 Å². The first kappa shape index (κ1) is 16.1. The van der Waals surface area contributed by atoms with Crippen molar-refractivity contribution in [2.24, 2.45) is 4.99 Å². The molecule has 0 saturated carbocycles. The van der Waals surface area contributed by atoms with Gasteiger partial charge in [-0.05, 0) is 31.2 Å². The van der Waals surface area contributed by atoms with E-state index in [1.54, 1.807) is 0 Å². The molecule has 0 aromatic rings. The van der Waals surface area contributed by atoms with Crippen molar-refractivity contribution in [1.29, 1.82) is 0 Å². The van der Waals surface area contributed by atoms with Crippen LogP contribution in [0.2, 0.25) is 0 Å². The zero-order chi connectivity index (χ0) is 13.8. The molecule has 0 bridgehead atoms. The van der Waals surface area contributed by atoms with Crippen molar-refractivity contribution in [3.8, 4) is 0 Å². The molecule has 0 aliphatic carbocycles. The predicted octanol–water partition coefficient (Wildman–Crippen LogP) is 2.96. The Kier molecular flexibility index (Phi) is 5.81. The SMILES string of the molecule is CC(C)(C)S(C)(C)OCCN1CCC(N=C=S)C1. The minimum atomic E-state index is -0.992. The standard InChI is InChI=1S/C13H26N2OS2/c1-13(2,3)18(4,5)16-9-8-15-7-6-12(10-15)14-11-17/h12H,6-10H2,1-5H3. The Morgan fingerprint density at radius 3 is 2.67 bits per heavy atom. The van der Waals surface area contributed by atoms with E-state index in [9.17, 15) is 0 Å². The molecule has 0 N–H and O–H groups in total. The molecule has 0 radical (unpaired) electrons. The Morgan fingerprint density at radius 2 is 2.11 bits per heavy atom. The van der Waals surface area contributed by atoms with Gasteiger partial charge in [0.2, 0.25) is 0 Å². The van der Waals surface area contributed by atoms with Crippen LogP contribution in [0.25, 0.3) is 0 Å². The van der Waals surface area contributed by atoms with Gasteiger partial charge in [-0.15, -0.1) is 10.3 Å². The van der Waals surface area contributed by atoms with Crippen molar-refractivity contribution in [1.82, 2.24) is 4.90 Å². The van der Waals surface area contributed by atoms with E-state index < -0.39 is 10.3 Å². The lowest BCUT2D eigenvalue weighted by Gasteiger charge is -2.44.